The smallest absolute Gasteiger partial charge is 0.306 e. The predicted molar refractivity (Wildman–Crippen MR) is 118 cm³/mol. The largest absolute Gasteiger partial charge is 0.466 e. The highest BCUT2D eigenvalue weighted by molar-refractivity contribution is 8.13. The molecule has 0 amide bonds. The van der Waals surface area contributed by atoms with Crippen LogP contribution < -0.4 is 10.0 Å². The fourth-order valence-corrected chi connectivity index (χ4v) is 4.54. The maximum Gasteiger partial charge on any atom is 0.306 e. The van der Waals surface area contributed by atoms with Gasteiger partial charge in [-0.15, -0.1) is 0 Å². The van der Waals surface area contributed by atoms with Crippen molar-refractivity contribution in [3.8, 4) is 0 Å². The van der Waals surface area contributed by atoms with E-state index in [1.165, 1.54) is 17.8 Å². The van der Waals surface area contributed by atoms with Gasteiger partial charge in [0, 0.05) is 17.1 Å². The number of hydrogen-bond acceptors (Lipinski definition) is 8. The molecule has 0 fully saturated rings. The number of nitrogens with zero attached hydrogens (tertiary/aromatic N) is 2. The third kappa shape index (κ3) is 7.13. The SMILES string of the molecule is CCOC(=O)CC1CN=C(SC)N=C1Nc1cccc(S(=O)(=O)NC(C)(C)C)c1. The molecule has 160 valence electrons. The number of rotatable bonds is 6. The lowest BCUT2D eigenvalue weighted by atomic mass is 10.0. The molecule has 0 bridgehead atoms. The minimum atomic E-state index is -3.67. The summed E-state index contributed by atoms with van der Waals surface area (Å²) in [6.45, 7) is 7.83. The summed E-state index contributed by atoms with van der Waals surface area (Å²) in [6.07, 6.45) is 2.02. The maximum absolute atomic E-state index is 12.6. The standard InChI is InChI=1S/C19H28N4O4S2/c1-6-27-16(24)10-13-12-20-18(28-5)22-17(13)21-14-8-7-9-15(11-14)29(25,26)23-19(2,3)4/h7-9,11,13,23H,6,10,12H2,1-5H3,(H,20,21,22). The van der Waals surface area contributed by atoms with Crippen molar-refractivity contribution in [3.63, 3.8) is 0 Å². The quantitative estimate of drug-likeness (QED) is 0.659. The molecular weight excluding hydrogens is 412 g/mol. The van der Waals surface area contributed by atoms with Gasteiger partial charge in [-0.1, -0.05) is 17.8 Å². The Balaban J connectivity index is 2.26. The second kappa shape index (κ2) is 9.73. The van der Waals surface area contributed by atoms with Crippen LogP contribution in [-0.4, -0.2) is 50.3 Å². The summed E-state index contributed by atoms with van der Waals surface area (Å²) >= 11 is 1.41. The van der Waals surface area contributed by atoms with Crippen molar-refractivity contribution in [3.05, 3.63) is 24.3 Å². The fraction of sp³-hybridized carbons (Fsp3) is 0.526. The van der Waals surface area contributed by atoms with Crippen LogP contribution in [0.2, 0.25) is 0 Å². The van der Waals surface area contributed by atoms with Crippen LogP contribution in [0, 0.1) is 5.92 Å². The first-order chi connectivity index (χ1) is 13.5. The zero-order chi connectivity index (χ0) is 21.7. The van der Waals surface area contributed by atoms with Gasteiger partial charge in [-0.05, 0) is 52.1 Å². The monoisotopic (exact) mass is 440 g/mol. The average Bonchev–Trinajstić information content (AvgIpc) is 2.61. The lowest BCUT2D eigenvalue weighted by Crippen LogP contribution is -2.40. The third-order valence-electron chi connectivity index (χ3n) is 3.81. The third-order valence-corrected chi connectivity index (χ3v) is 6.15. The van der Waals surface area contributed by atoms with Gasteiger partial charge in [0.1, 0.15) is 5.84 Å². The Bertz CT molecular complexity index is 905. The maximum atomic E-state index is 12.6. The number of carbonyl (C=O) groups excluding carboxylic acids is 1. The van der Waals surface area contributed by atoms with Gasteiger partial charge in [-0.3, -0.25) is 9.79 Å². The molecule has 1 heterocycles. The number of esters is 1. The molecule has 10 heteroatoms. The molecule has 2 N–H and O–H groups in total. The van der Waals surface area contributed by atoms with Crippen LogP contribution in [0.1, 0.15) is 34.1 Å². The summed E-state index contributed by atoms with van der Waals surface area (Å²) in [5.74, 6) is -0.0193. The van der Waals surface area contributed by atoms with Crippen LogP contribution in [0.15, 0.2) is 39.1 Å². The van der Waals surface area contributed by atoms with Crippen molar-refractivity contribution in [1.82, 2.24) is 4.72 Å². The molecule has 1 aromatic carbocycles. The molecule has 0 saturated heterocycles. The van der Waals surface area contributed by atoms with E-state index in [0.717, 1.165) is 0 Å². The van der Waals surface area contributed by atoms with Crippen LogP contribution in [-0.2, 0) is 19.6 Å². The first kappa shape index (κ1) is 23.4. The number of anilines is 1. The van der Waals surface area contributed by atoms with E-state index in [1.807, 2.05) is 6.26 Å². The molecule has 0 saturated carbocycles. The van der Waals surface area contributed by atoms with Crippen LogP contribution in [0.5, 0.6) is 0 Å². The number of carbonyl (C=O) groups is 1. The Morgan fingerprint density at radius 1 is 1.34 bits per heavy atom. The van der Waals surface area contributed by atoms with Gasteiger partial charge in [-0.2, -0.15) is 0 Å². The molecule has 0 aliphatic carbocycles. The minimum absolute atomic E-state index is 0.147. The number of amidine groups is 2. The van der Waals surface area contributed by atoms with E-state index >= 15 is 0 Å². The number of benzene rings is 1. The van der Waals surface area contributed by atoms with Crippen molar-refractivity contribution in [2.24, 2.45) is 15.9 Å². The number of aliphatic imine (C=N–C) groups is 2. The van der Waals surface area contributed by atoms with Gasteiger partial charge in [0.05, 0.1) is 24.5 Å². The molecule has 1 aliphatic heterocycles. The minimum Gasteiger partial charge on any atom is -0.466 e. The van der Waals surface area contributed by atoms with Gasteiger partial charge in [0.2, 0.25) is 10.0 Å². The molecule has 1 aromatic rings. The molecular formula is C19H28N4O4S2. The van der Waals surface area contributed by atoms with Crippen LogP contribution in [0.4, 0.5) is 5.69 Å². The molecule has 8 nitrogen and oxygen atoms in total. The van der Waals surface area contributed by atoms with E-state index in [2.05, 4.69) is 20.0 Å². The lowest BCUT2D eigenvalue weighted by Gasteiger charge is -2.23. The van der Waals surface area contributed by atoms with Crippen molar-refractivity contribution in [2.45, 2.75) is 44.6 Å². The Hall–Kier alpha value is -1.91. The van der Waals surface area contributed by atoms with Crippen LogP contribution >= 0.6 is 11.8 Å². The zero-order valence-electron chi connectivity index (χ0n) is 17.4. The second-order valence-electron chi connectivity index (χ2n) is 7.54. The summed E-state index contributed by atoms with van der Waals surface area (Å²) in [4.78, 5) is 20.9. The molecule has 1 aliphatic rings. The molecule has 29 heavy (non-hydrogen) atoms. The van der Waals surface area contributed by atoms with Crippen LogP contribution in [0.25, 0.3) is 0 Å². The average molecular weight is 441 g/mol. The highest BCUT2D eigenvalue weighted by atomic mass is 32.2. The summed E-state index contributed by atoms with van der Waals surface area (Å²) in [7, 11) is -3.67. The van der Waals surface area contributed by atoms with E-state index in [-0.39, 0.29) is 23.2 Å². The van der Waals surface area contributed by atoms with Crippen molar-refractivity contribution >= 4 is 44.4 Å². The molecule has 2 rings (SSSR count). The second-order valence-corrected chi connectivity index (χ2v) is 9.99. The Morgan fingerprint density at radius 2 is 2.07 bits per heavy atom. The normalized spacial score (nSPS) is 17.3. The van der Waals surface area contributed by atoms with E-state index in [0.29, 0.717) is 29.8 Å². The van der Waals surface area contributed by atoms with Crippen LogP contribution in [0.3, 0.4) is 0 Å². The van der Waals surface area contributed by atoms with Crippen molar-refractivity contribution in [2.75, 3.05) is 24.7 Å². The van der Waals surface area contributed by atoms with Crippen molar-refractivity contribution in [1.29, 1.82) is 0 Å². The Labute approximate surface area is 176 Å². The summed E-state index contributed by atoms with van der Waals surface area (Å²) in [5.41, 5.74) is -0.0267. The predicted octanol–water partition coefficient (Wildman–Crippen LogP) is 2.88. The molecule has 1 unspecified atom stereocenters. The van der Waals surface area contributed by atoms with Gasteiger partial charge in [0.15, 0.2) is 5.17 Å². The first-order valence-electron chi connectivity index (χ1n) is 9.28. The summed E-state index contributed by atoms with van der Waals surface area (Å²) in [5, 5.41) is 3.78. The number of nitrogens with one attached hydrogen (secondary N) is 2. The lowest BCUT2D eigenvalue weighted by molar-refractivity contribution is -0.143. The van der Waals surface area contributed by atoms with Gasteiger partial charge in [0.25, 0.3) is 0 Å². The molecule has 0 radical (unpaired) electrons. The number of thioether (sulfide) groups is 1. The highest BCUT2D eigenvalue weighted by Gasteiger charge is 2.26. The fourth-order valence-electron chi connectivity index (χ4n) is 2.68. The summed E-state index contributed by atoms with van der Waals surface area (Å²) in [6, 6.07) is 6.49. The van der Waals surface area contributed by atoms with Gasteiger partial charge in [-0.25, -0.2) is 18.1 Å². The van der Waals surface area contributed by atoms with E-state index < -0.39 is 15.6 Å². The molecule has 0 spiro atoms. The zero-order valence-corrected chi connectivity index (χ0v) is 19.0. The number of ether oxygens (including phenoxy) is 1. The number of sulfonamides is 1. The van der Waals surface area contributed by atoms with E-state index in [1.54, 1.807) is 45.9 Å². The Morgan fingerprint density at radius 3 is 2.69 bits per heavy atom. The van der Waals surface area contributed by atoms with Gasteiger partial charge < -0.3 is 10.1 Å². The van der Waals surface area contributed by atoms with E-state index in [4.69, 9.17) is 4.74 Å². The van der Waals surface area contributed by atoms with Crippen molar-refractivity contribution < 1.29 is 17.9 Å². The van der Waals surface area contributed by atoms with E-state index in [9.17, 15) is 13.2 Å². The summed E-state index contributed by atoms with van der Waals surface area (Å²) < 4.78 is 32.9. The highest BCUT2D eigenvalue weighted by Crippen LogP contribution is 2.22. The topological polar surface area (TPSA) is 109 Å². The molecule has 0 aromatic heterocycles. The Kier molecular flexibility index (Phi) is 7.84. The first-order valence-corrected chi connectivity index (χ1v) is 12.0. The van der Waals surface area contributed by atoms with Gasteiger partial charge >= 0.3 is 5.97 Å². The molecule has 1 atom stereocenters. The number of hydrogen-bond donors (Lipinski definition) is 2.